The Morgan fingerprint density at radius 3 is 2.74 bits per heavy atom. The first kappa shape index (κ1) is 22.0. The van der Waals surface area contributed by atoms with E-state index in [1.807, 2.05) is 6.92 Å². The van der Waals surface area contributed by atoms with E-state index >= 15 is 0 Å². The van der Waals surface area contributed by atoms with Crippen molar-refractivity contribution in [3.8, 4) is 17.3 Å². The van der Waals surface area contributed by atoms with E-state index < -0.39 is 17.2 Å². The van der Waals surface area contributed by atoms with Crippen LogP contribution in [0.5, 0.6) is 5.88 Å². The highest BCUT2D eigenvalue weighted by molar-refractivity contribution is 6.32. The Morgan fingerprint density at radius 2 is 2.06 bits per heavy atom. The number of aromatic nitrogens is 3. The molecule has 3 rings (SSSR count). The summed E-state index contributed by atoms with van der Waals surface area (Å²) in [5.74, 6) is -2.49. The lowest BCUT2D eigenvalue weighted by Gasteiger charge is -2.06. The summed E-state index contributed by atoms with van der Waals surface area (Å²) in [7, 11) is 0. The van der Waals surface area contributed by atoms with Gasteiger partial charge in [0.1, 0.15) is 23.6 Å². The van der Waals surface area contributed by atoms with Crippen LogP contribution in [0.2, 0.25) is 0 Å². The zero-order valence-corrected chi connectivity index (χ0v) is 16.7. The molecule has 11 heteroatoms. The van der Waals surface area contributed by atoms with Crippen molar-refractivity contribution in [2.24, 2.45) is 15.7 Å². The lowest BCUT2D eigenvalue weighted by molar-refractivity contribution is -0.119. The second-order valence-corrected chi connectivity index (χ2v) is 6.49. The molecule has 0 saturated heterocycles. The van der Waals surface area contributed by atoms with E-state index in [0.717, 1.165) is 18.6 Å². The second kappa shape index (κ2) is 9.85. The Balaban J connectivity index is 2.01. The Hall–Kier alpha value is -3.73. The maximum Gasteiger partial charge on any atom is 0.241 e. The van der Waals surface area contributed by atoms with Crippen LogP contribution in [0.1, 0.15) is 13.3 Å². The highest BCUT2D eigenvalue weighted by atomic mass is 19.1. The van der Waals surface area contributed by atoms with Gasteiger partial charge in [0.15, 0.2) is 11.6 Å². The summed E-state index contributed by atoms with van der Waals surface area (Å²) in [6.45, 7) is 2.32. The van der Waals surface area contributed by atoms with Crippen molar-refractivity contribution in [1.29, 1.82) is 0 Å². The van der Waals surface area contributed by atoms with Gasteiger partial charge in [0, 0.05) is 25.5 Å². The number of nitrogens with zero attached hydrogens (tertiary/aromatic N) is 4. The van der Waals surface area contributed by atoms with Crippen molar-refractivity contribution in [3.05, 3.63) is 36.0 Å². The standard InChI is InChI=1S/C20H21F2N7O2/c1-2-6-25-15(30)10-24-8-11(7-23)27-19-17-14(9-26-20(17)31)28-18(29-19)16-12(21)4-3-5-13(16)22/h3-5,8-9,26,31H,2,6-7,10,23H2,1H3,(H,25,30). The average molecular weight is 429 g/mol. The van der Waals surface area contributed by atoms with Crippen LogP contribution in [-0.2, 0) is 4.79 Å². The molecule has 0 aliphatic rings. The number of amides is 1. The van der Waals surface area contributed by atoms with Crippen LogP contribution in [0.25, 0.3) is 22.3 Å². The lowest BCUT2D eigenvalue weighted by atomic mass is 10.1. The number of aromatic hydroxyl groups is 1. The number of halogens is 2. The van der Waals surface area contributed by atoms with Gasteiger partial charge in [0.05, 0.1) is 16.8 Å². The Labute approximate surface area is 176 Å². The Kier molecular flexibility index (Phi) is 6.98. The van der Waals surface area contributed by atoms with Gasteiger partial charge in [-0.2, -0.15) is 0 Å². The molecular weight excluding hydrogens is 408 g/mol. The number of carbonyl (C=O) groups is 1. The lowest BCUT2D eigenvalue weighted by Crippen LogP contribution is -2.26. The van der Waals surface area contributed by atoms with E-state index in [9.17, 15) is 18.7 Å². The molecule has 2 aromatic heterocycles. The van der Waals surface area contributed by atoms with E-state index in [4.69, 9.17) is 5.73 Å². The number of carbonyl (C=O) groups excluding carboxylic acids is 1. The second-order valence-electron chi connectivity index (χ2n) is 6.49. The molecule has 162 valence electrons. The summed E-state index contributed by atoms with van der Waals surface area (Å²) in [4.78, 5) is 30.8. The Morgan fingerprint density at radius 1 is 1.32 bits per heavy atom. The summed E-state index contributed by atoms with van der Waals surface area (Å²) in [6.07, 6.45) is 3.48. The summed E-state index contributed by atoms with van der Waals surface area (Å²) >= 11 is 0. The molecule has 31 heavy (non-hydrogen) atoms. The molecule has 0 atom stereocenters. The van der Waals surface area contributed by atoms with E-state index in [0.29, 0.717) is 6.54 Å². The predicted molar refractivity (Wildman–Crippen MR) is 114 cm³/mol. The van der Waals surface area contributed by atoms with Crippen molar-refractivity contribution < 1.29 is 18.7 Å². The van der Waals surface area contributed by atoms with Gasteiger partial charge in [-0.1, -0.05) is 13.0 Å². The molecule has 9 nitrogen and oxygen atoms in total. The average Bonchev–Trinajstić information content (AvgIpc) is 3.12. The molecule has 0 saturated carbocycles. The Bertz CT molecular complexity index is 1140. The fourth-order valence-electron chi connectivity index (χ4n) is 2.73. The maximum absolute atomic E-state index is 14.2. The molecule has 0 aliphatic heterocycles. The number of aromatic amines is 1. The van der Waals surface area contributed by atoms with E-state index in [1.54, 1.807) is 0 Å². The first-order valence-corrected chi connectivity index (χ1v) is 9.51. The SMILES string of the molecule is CCCNC(=O)CN=CC(CN)=Nc1nc(-c2c(F)cccc2F)nc2c[nH]c(O)c12. The highest BCUT2D eigenvalue weighted by Crippen LogP contribution is 2.34. The van der Waals surface area contributed by atoms with E-state index in [2.05, 4.69) is 30.3 Å². The monoisotopic (exact) mass is 429 g/mol. The van der Waals surface area contributed by atoms with Gasteiger partial charge in [0.25, 0.3) is 0 Å². The van der Waals surface area contributed by atoms with Crippen LogP contribution in [0, 0.1) is 11.6 Å². The van der Waals surface area contributed by atoms with Gasteiger partial charge in [-0.3, -0.25) is 9.79 Å². The number of rotatable bonds is 8. The first-order chi connectivity index (χ1) is 14.9. The third-order valence-corrected chi connectivity index (χ3v) is 4.19. The molecule has 1 aromatic carbocycles. The van der Waals surface area contributed by atoms with Crippen LogP contribution >= 0.6 is 0 Å². The third-order valence-electron chi connectivity index (χ3n) is 4.19. The van der Waals surface area contributed by atoms with Crippen LogP contribution < -0.4 is 11.1 Å². The summed E-state index contributed by atoms with van der Waals surface area (Å²) < 4.78 is 28.5. The number of fused-ring (bicyclic) bond motifs is 1. The molecule has 0 aliphatic carbocycles. The van der Waals surface area contributed by atoms with Crippen molar-refractivity contribution in [3.63, 3.8) is 0 Å². The van der Waals surface area contributed by atoms with Gasteiger partial charge in [0.2, 0.25) is 11.8 Å². The number of hydrogen-bond donors (Lipinski definition) is 4. The quantitative estimate of drug-likeness (QED) is 0.406. The normalized spacial score (nSPS) is 12.1. The smallest absolute Gasteiger partial charge is 0.241 e. The topological polar surface area (TPSA) is 142 Å². The van der Waals surface area contributed by atoms with Gasteiger partial charge in [-0.25, -0.2) is 23.7 Å². The summed E-state index contributed by atoms with van der Waals surface area (Å²) in [5.41, 5.74) is 5.74. The van der Waals surface area contributed by atoms with E-state index in [-0.39, 0.29) is 53.1 Å². The molecular formula is C20H21F2N7O2. The predicted octanol–water partition coefficient (Wildman–Crippen LogP) is 2.24. The van der Waals surface area contributed by atoms with Gasteiger partial charge >= 0.3 is 0 Å². The molecule has 0 spiro atoms. The molecule has 0 unspecified atom stereocenters. The van der Waals surface area contributed by atoms with Crippen LogP contribution in [0.15, 0.2) is 34.4 Å². The summed E-state index contributed by atoms with van der Waals surface area (Å²) in [6, 6.07) is 3.41. The number of aliphatic imine (C=N–C) groups is 2. The fourth-order valence-corrected chi connectivity index (χ4v) is 2.73. The fraction of sp³-hybridized carbons (Fsp3) is 0.250. The zero-order chi connectivity index (χ0) is 22.4. The van der Waals surface area contributed by atoms with Crippen LogP contribution in [0.4, 0.5) is 14.6 Å². The van der Waals surface area contributed by atoms with E-state index in [1.165, 1.54) is 18.5 Å². The number of benzene rings is 1. The van der Waals surface area contributed by atoms with Crippen LogP contribution in [-0.4, -0.2) is 57.5 Å². The zero-order valence-electron chi connectivity index (χ0n) is 16.7. The van der Waals surface area contributed by atoms with Crippen molar-refractivity contribution in [1.82, 2.24) is 20.3 Å². The van der Waals surface area contributed by atoms with Crippen molar-refractivity contribution in [2.75, 3.05) is 19.6 Å². The van der Waals surface area contributed by atoms with Gasteiger partial charge in [-0.15, -0.1) is 0 Å². The van der Waals surface area contributed by atoms with Gasteiger partial charge < -0.3 is 21.1 Å². The minimum absolute atomic E-state index is 0.0521. The van der Waals surface area contributed by atoms with Crippen molar-refractivity contribution in [2.45, 2.75) is 13.3 Å². The minimum Gasteiger partial charge on any atom is -0.494 e. The molecule has 1 amide bonds. The first-order valence-electron chi connectivity index (χ1n) is 9.51. The third kappa shape index (κ3) is 5.07. The number of nitrogens with one attached hydrogen (secondary N) is 2. The largest absolute Gasteiger partial charge is 0.494 e. The molecule has 0 radical (unpaired) electrons. The van der Waals surface area contributed by atoms with Crippen LogP contribution in [0.3, 0.4) is 0 Å². The van der Waals surface area contributed by atoms with Crippen molar-refractivity contribution >= 4 is 34.6 Å². The maximum atomic E-state index is 14.2. The minimum atomic E-state index is -0.840. The van der Waals surface area contributed by atoms with Gasteiger partial charge in [-0.05, 0) is 18.6 Å². The molecule has 2 heterocycles. The number of hydrogen-bond acceptors (Lipinski definition) is 7. The number of nitrogens with two attached hydrogens (primary N) is 1. The summed E-state index contributed by atoms with van der Waals surface area (Å²) in [5, 5.41) is 12.9. The molecule has 0 bridgehead atoms. The molecule has 5 N–H and O–H groups in total. The highest BCUT2D eigenvalue weighted by Gasteiger charge is 2.19. The molecule has 0 fully saturated rings. The molecule has 3 aromatic rings. The number of H-pyrrole nitrogens is 1.